The number of benzene rings is 1. The fourth-order valence-electron chi connectivity index (χ4n) is 2.27. The van der Waals surface area contributed by atoms with Crippen molar-refractivity contribution in [1.29, 1.82) is 0 Å². The Kier molecular flexibility index (Phi) is 5.23. The minimum absolute atomic E-state index is 0.410. The maximum absolute atomic E-state index is 10.2. The molecule has 1 aromatic carbocycles. The fraction of sp³-hybridized carbons (Fsp3) is 0.600. The van der Waals surface area contributed by atoms with E-state index in [1.807, 2.05) is 25.1 Å². The van der Waals surface area contributed by atoms with E-state index in [9.17, 15) is 5.11 Å². The lowest BCUT2D eigenvalue weighted by Crippen LogP contribution is -2.40. The van der Waals surface area contributed by atoms with Gasteiger partial charge in [-0.05, 0) is 24.6 Å². The number of rotatable bonds is 7. The second-order valence-electron chi connectivity index (χ2n) is 5.05. The molecule has 1 fully saturated rings. The van der Waals surface area contributed by atoms with Crippen LogP contribution in [0.2, 0.25) is 0 Å². The Bertz CT molecular complexity index is 430. The van der Waals surface area contributed by atoms with Gasteiger partial charge in [0, 0.05) is 26.1 Å². The summed E-state index contributed by atoms with van der Waals surface area (Å²) >= 11 is 0. The zero-order chi connectivity index (χ0) is 14.4. The molecule has 0 aromatic heterocycles. The second kappa shape index (κ2) is 6.92. The van der Waals surface area contributed by atoms with Crippen LogP contribution in [0.15, 0.2) is 18.2 Å². The van der Waals surface area contributed by atoms with Gasteiger partial charge in [0.25, 0.3) is 0 Å². The van der Waals surface area contributed by atoms with Gasteiger partial charge in [0.2, 0.25) is 0 Å². The Hall–Kier alpha value is -1.30. The molecule has 1 atom stereocenters. The standard InChI is InChI=1S/C15H23NO4/c1-3-20-14-8-12(4-5-13(14)18-2)9-16-10-15(17)6-7-19-11-15/h4-5,8,16-17H,3,6-7,9-11H2,1-2H3. The summed E-state index contributed by atoms with van der Waals surface area (Å²) in [4.78, 5) is 0. The molecular weight excluding hydrogens is 258 g/mol. The van der Waals surface area contributed by atoms with Crippen molar-refractivity contribution in [2.24, 2.45) is 0 Å². The van der Waals surface area contributed by atoms with Gasteiger partial charge in [-0.15, -0.1) is 0 Å². The SMILES string of the molecule is CCOc1cc(CNCC2(O)CCOC2)ccc1OC. The van der Waals surface area contributed by atoms with Gasteiger partial charge in [0.15, 0.2) is 11.5 Å². The number of hydrogen-bond acceptors (Lipinski definition) is 5. The highest BCUT2D eigenvalue weighted by molar-refractivity contribution is 5.42. The van der Waals surface area contributed by atoms with Crippen LogP contribution in [0.4, 0.5) is 0 Å². The van der Waals surface area contributed by atoms with E-state index in [1.165, 1.54) is 0 Å². The van der Waals surface area contributed by atoms with Crippen molar-refractivity contribution in [3.63, 3.8) is 0 Å². The molecule has 0 radical (unpaired) electrons. The zero-order valence-electron chi connectivity index (χ0n) is 12.1. The first-order valence-corrected chi connectivity index (χ1v) is 6.97. The normalized spacial score (nSPS) is 21.9. The van der Waals surface area contributed by atoms with Crippen molar-refractivity contribution < 1.29 is 19.3 Å². The molecule has 0 bridgehead atoms. The van der Waals surface area contributed by atoms with Crippen LogP contribution in [-0.4, -0.2) is 44.2 Å². The number of hydrogen-bond donors (Lipinski definition) is 2. The van der Waals surface area contributed by atoms with Gasteiger partial charge in [-0.25, -0.2) is 0 Å². The number of aliphatic hydroxyl groups is 1. The molecule has 1 aromatic rings. The summed E-state index contributed by atoms with van der Waals surface area (Å²) in [5, 5.41) is 13.4. The fourth-order valence-corrected chi connectivity index (χ4v) is 2.27. The molecule has 112 valence electrons. The molecule has 1 aliphatic heterocycles. The van der Waals surface area contributed by atoms with E-state index in [2.05, 4.69) is 5.32 Å². The van der Waals surface area contributed by atoms with Crippen LogP contribution in [0, 0.1) is 0 Å². The molecule has 20 heavy (non-hydrogen) atoms. The van der Waals surface area contributed by atoms with Crippen molar-refractivity contribution in [2.45, 2.75) is 25.5 Å². The van der Waals surface area contributed by atoms with Crippen LogP contribution in [0.25, 0.3) is 0 Å². The van der Waals surface area contributed by atoms with Gasteiger partial charge in [0.05, 0.1) is 20.3 Å². The first-order valence-electron chi connectivity index (χ1n) is 6.97. The van der Waals surface area contributed by atoms with Crippen LogP contribution >= 0.6 is 0 Å². The van der Waals surface area contributed by atoms with Crippen LogP contribution in [0.5, 0.6) is 11.5 Å². The van der Waals surface area contributed by atoms with E-state index in [4.69, 9.17) is 14.2 Å². The van der Waals surface area contributed by atoms with Gasteiger partial charge in [-0.3, -0.25) is 0 Å². The van der Waals surface area contributed by atoms with Gasteiger partial charge in [-0.2, -0.15) is 0 Å². The Morgan fingerprint density at radius 1 is 1.40 bits per heavy atom. The minimum atomic E-state index is -0.727. The number of nitrogens with one attached hydrogen (secondary N) is 1. The van der Waals surface area contributed by atoms with E-state index in [-0.39, 0.29) is 0 Å². The summed E-state index contributed by atoms with van der Waals surface area (Å²) in [5.74, 6) is 1.48. The maximum Gasteiger partial charge on any atom is 0.161 e. The number of methoxy groups -OCH3 is 1. The van der Waals surface area contributed by atoms with Crippen molar-refractivity contribution >= 4 is 0 Å². The molecule has 1 aliphatic rings. The Morgan fingerprint density at radius 2 is 2.25 bits per heavy atom. The molecular formula is C15H23NO4. The average Bonchev–Trinajstić information content (AvgIpc) is 2.86. The third kappa shape index (κ3) is 3.85. The van der Waals surface area contributed by atoms with E-state index in [1.54, 1.807) is 7.11 Å². The highest BCUT2D eigenvalue weighted by atomic mass is 16.5. The molecule has 0 amide bonds. The zero-order valence-corrected chi connectivity index (χ0v) is 12.1. The van der Waals surface area contributed by atoms with Crippen LogP contribution in [-0.2, 0) is 11.3 Å². The van der Waals surface area contributed by atoms with E-state index in [0.717, 1.165) is 17.1 Å². The van der Waals surface area contributed by atoms with Gasteiger partial charge < -0.3 is 24.6 Å². The van der Waals surface area contributed by atoms with Crippen LogP contribution in [0.1, 0.15) is 18.9 Å². The van der Waals surface area contributed by atoms with Crippen molar-refractivity contribution in [1.82, 2.24) is 5.32 Å². The minimum Gasteiger partial charge on any atom is -0.493 e. The molecule has 5 nitrogen and oxygen atoms in total. The lowest BCUT2D eigenvalue weighted by Gasteiger charge is -2.21. The summed E-state index contributed by atoms with van der Waals surface area (Å²) in [6.45, 7) is 4.79. The van der Waals surface area contributed by atoms with E-state index in [0.29, 0.717) is 39.3 Å². The summed E-state index contributed by atoms with van der Waals surface area (Å²) in [6, 6.07) is 5.85. The molecule has 2 rings (SSSR count). The smallest absolute Gasteiger partial charge is 0.161 e. The Morgan fingerprint density at radius 3 is 2.90 bits per heavy atom. The van der Waals surface area contributed by atoms with Crippen molar-refractivity contribution in [3.05, 3.63) is 23.8 Å². The summed E-state index contributed by atoms with van der Waals surface area (Å²) in [7, 11) is 1.63. The third-order valence-corrected chi connectivity index (χ3v) is 3.39. The van der Waals surface area contributed by atoms with Crippen molar-refractivity contribution in [2.75, 3.05) is 33.5 Å². The lowest BCUT2D eigenvalue weighted by atomic mass is 10.0. The topological polar surface area (TPSA) is 60.0 Å². The molecule has 1 unspecified atom stereocenters. The predicted molar refractivity (Wildman–Crippen MR) is 76.3 cm³/mol. The Balaban J connectivity index is 1.90. The highest BCUT2D eigenvalue weighted by Crippen LogP contribution is 2.28. The summed E-state index contributed by atoms with van der Waals surface area (Å²) in [6.07, 6.45) is 0.687. The van der Waals surface area contributed by atoms with Crippen LogP contribution < -0.4 is 14.8 Å². The largest absolute Gasteiger partial charge is 0.493 e. The molecule has 0 spiro atoms. The van der Waals surface area contributed by atoms with Gasteiger partial charge in [0.1, 0.15) is 5.60 Å². The molecule has 1 saturated heterocycles. The summed E-state index contributed by atoms with van der Waals surface area (Å²) in [5.41, 5.74) is 0.367. The van der Waals surface area contributed by atoms with Gasteiger partial charge in [-0.1, -0.05) is 6.07 Å². The number of ether oxygens (including phenoxy) is 3. The maximum atomic E-state index is 10.2. The first-order chi connectivity index (χ1) is 9.67. The third-order valence-electron chi connectivity index (χ3n) is 3.39. The van der Waals surface area contributed by atoms with Gasteiger partial charge >= 0.3 is 0 Å². The predicted octanol–water partition coefficient (Wildman–Crippen LogP) is 1.33. The Labute approximate surface area is 119 Å². The lowest BCUT2D eigenvalue weighted by molar-refractivity contribution is 0.0268. The second-order valence-corrected chi connectivity index (χ2v) is 5.05. The monoisotopic (exact) mass is 281 g/mol. The molecule has 1 heterocycles. The van der Waals surface area contributed by atoms with Crippen molar-refractivity contribution in [3.8, 4) is 11.5 Å². The molecule has 0 saturated carbocycles. The quantitative estimate of drug-likeness (QED) is 0.789. The van der Waals surface area contributed by atoms with E-state index >= 15 is 0 Å². The average molecular weight is 281 g/mol. The van der Waals surface area contributed by atoms with E-state index < -0.39 is 5.60 Å². The summed E-state index contributed by atoms with van der Waals surface area (Å²) < 4.78 is 16.0. The highest BCUT2D eigenvalue weighted by Gasteiger charge is 2.31. The molecule has 2 N–H and O–H groups in total. The molecule has 0 aliphatic carbocycles. The van der Waals surface area contributed by atoms with Crippen LogP contribution in [0.3, 0.4) is 0 Å². The molecule has 5 heteroatoms. The first kappa shape index (κ1) is 15.1.